The highest BCUT2D eigenvalue weighted by Crippen LogP contribution is 2.29. The summed E-state index contributed by atoms with van der Waals surface area (Å²) in [6.45, 7) is -0.0851. The second-order valence-corrected chi connectivity index (χ2v) is 6.87. The van der Waals surface area contributed by atoms with E-state index in [1.165, 1.54) is 43.6 Å². The van der Waals surface area contributed by atoms with Gasteiger partial charge in [-0.15, -0.1) is 5.10 Å². The number of fused-ring (bicyclic) bond motifs is 1. The van der Waals surface area contributed by atoms with E-state index in [9.17, 15) is 13.6 Å². The maximum absolute atomic E-state index is 15.0. The Morgan fingerprint density at radius 1 is 1.23 bits per heavy atom. The minimum atomic E-state index is -0.934. The number of nitrogens with zero attached hydrogens (tertiary/aromatic N) is 2. The van der Waals surface area contributed by atoms with Gasteiger partial charge in [-0.2, -0.15) is 0 Å². The van der Waals surface area contributed by atoms with E-state index in [2.05, 4.69) is 20.5 Å². The van der Waals surface area contributed by atoms with E-state index < -0.39 is 23.1 Å². The third kappa shape index (κ3) is 4.26. The molecule has 2 aromatic carbocycles. The van der Waals surface area contributed by atoms with Crippen molar-refractivity contribution >= 4 is 34.2 Å². The van der Waals surface area contributed by atoms with Gasteiger partial charge in [0.2, 0.25) is 5.88 Å². The first-order valence-electron chi connectivity index (χ1n) is 9.01. The maximum Gasteiger partial charge on any atom is 0.260 e. The zero-order valence-electron chi connectivity index (χ0n) is 16.1. The lowest BCUT2D eigenvalue weighted by Gasteiger charge is -2.12. The highest BCUT2D eigenvalue weighted by atomic mass is 35.5. The fourth-order valence-corrected chi connectivity index (χ4v) is 3.17. The van der Waals surface area contributed by atoms with Gasteiger partial charge < -0.3 is 14.8 Å². The van der Waals surface area contributed by atoms with Gasteiger partial charge in [-0.3, -0.25) is 9.89 Å². The molecule has 0 fully saturated rings. The molecule has 0 saturated heterocycles. The Morgan fingerprint density at radius 3 is 2.84 bits per heavy atom. The molecule has 0 radical (unpaired) electrons. The number of hydrogen-bond donors (Lipinski definition) is 2. The summed E-state index contributed by atoms with van der Waals surface area (Å²) in [7, 11) is 1.45. The van der Waals surface area contributed by atoms with Crippen LogP contribution in [-0.4, -0.2) is 28.2 Å². The molecule has 0 saturated carbocycles. The molecule has 4 rings (SSSR count). The fraction of sp³-hybridized carbons (Fsp3) is 0.0952. The standard InChI is InChI=1S/C21H15ClF2N4O3/c1-30-21-14-8-13(9-25-19(14)27-28-21)26-20(29)17-15(22)5-6-16(18(17)24)31-10-11-3-2-4-12(23)7-11/h2-9H,10H2,1H3,(H,26,29)(H,25,27,28). The number of amides is 1. The van der Waals surface area contributed by atoms with Crippen molar-refractivity contribution in [3.05, 3.63) is 76.4 Å². The van der Waals surface area contributed by atoms with Crippen molar-refractivity contribution in [1.82, 2.24) is 15.2 Å². The molecule has 0 aliphatic rings. The number of ether oxygens (including phenoxy) is 2. The molecule has 0 atom stereocenters. The summed E-state index contributed by atoms with van der Waals surface area (Å²) < 4.78 is 38.9. The summed E-state index contributed by atoms with van der Waals surface area (Å²) in [5.41, 5.74) is 0.872. The lowest BCUT2D eigenvalue weighted by Crippen LogP contribution is -2.15. The summed E-state index contributed by atoms with van der Waals surface area (Å²) in [4.78, 5) is 16.9. The molecule has 4 aromatic rings. The zero-order valence-corrected chi connectivity index (χ0v) is 16.8. The van der Waals surface area contributed by atoms with Gasteiger partial charge in [0.25, 0.3) is 5.91 Å². The number of hydrogen-bond acceptors (Lipinski definition) is 5. The van der Waals surface area contributed by atoms with Crippen molar-refractivity contribution in [2.24, 2.45) is 0 Å². The first-order valence-corrected chi connectivity index (χ1v) is 9.38. The minimum absolute atomic E-state index is 0.0851. The summed E-state index contributed by atoms with van der Waals surface area (Å²) in [6, 6.07) is 9.95. The number of H-pyrrole nitrogens is 1. The van der Waals surface area contributed by atoms with Crippen LogP contribution in [-0.2, 0) is 6.61 Å². The van der Waals surface area contributed by atoms with Gasteiger partial charge in [0.05, 0.1) is 35.0 Å². The average molecular weight is 445 g/mol. The number of methoxy groups -OCH3 is 1. The molecule has 0 spiro atoms. The number of aromatic nitrogens is 3. The molecule has 0 aliphatic carbocycles. The van der Waals surface area contributed by atoms with Gasteiger partial charge in [0.1, 0.15) is 12.4 Å². The molecule has 10 heteroatoms. The van der Waals surface area contributed by atoms with Crippen molar-refractivity contribution in [2.45, 2.75) is 6.61 Å². The lowest BCUT2D eigenvalue weighted by atomic mass is 10.1. The normalized spacial score (nSPS) is 10.8. The van der Waals surface area contributed by atoms with Gasteiger partial charge >= 0.3 is 0 Å². The van der Waals surface area contributed by atoms with Crippen LogP contribution in [0.25, 0.3) is 11.0 Å². The molecule has 7 nitrogen and oxygen atoms in total. The van der Waals surface area contributed by atoms with Crippen molar-refractivity contribution in [2.75, 3.05) is 12.4 Å². The van der Waals surface area contributed by atoms with E-state index >= 15 is 0 Å². The van der Waals surface area contributed by atoms with E-state index in [0.29, 0.717) is 28.2 Å². The molecule has 0 unspecified atom stereocenters. The molecule has 2 aromatic heterocycles. The monoisotopic (exact) mass is 444 g/mol. The SMILES string of the molecule is COc1n[nH]c2ncc(NC(=O)c3c(Cl)ccc(OCc4cccc(F)c4)c3F)cc12. The van der Waals surface area contributed by atoms with E-state index in [0.717, 1.165) is 0 Å². The molecule has 0 aliphatic heterocycles. The number of aromatic amines is 1. The Bertz CT molecular complexity index is 1280. The van der Waals surface area contributed by atoms with Gasteiger partial charge in [-0.1, -0.05) is 23.7 Å². The van der Waals surface area contributed by atoms with Gasteiger partial charge in [0, 0.05) is 0 Å². The van der Waals surface area contributed by atoms with Crippen molar-refractivity contribution in [3.8, 4) is 11.6 Å². The van der Waals surface area contributed by atoms with Crippen LogP contribution in [0.3, 0.4) is 0 Å². The molecule has 2 N–H and O–H groups in total. The smallest absolute Gasteiger partial charge is 0.260 e. The number of nitrogens with one attached hydrogen (secondary N) is 2. The third-order valence-electron chi connectivity index (χ3n) is 4.40. The van der Waals surface area contributed by atoms with Gasteiger partial charge in [-0.05, 0) is 35.9 Å². The molecular weight excluding hydrogens is 430 g/mol. The summed E-state index contributed by atoms with van der Waals surface area (Å²) >= 11 is 6.07. The van der Waals surface area contributed by atoms with Gasteiger partial charge in [0.15, 0.2) is 17.2 Å². The van der Waals surface area contributed by atoms with Crippen LogP contribution in [0, 0.1) is 11.6 Å². The van der Waals surface area contributed by atoms with E-state index in [1.54, 1.807) is 12.1 Å². The molecule has 31 heavy (non-hydrogen) atoms. The van der Waals surface area contributed by atoms with Crippen LogP contribution in [0.15, 0.2) is 48.7 Å². The largest absolute Gasteiger partial charge is 0.486 e. The molecule has 158 valence electrons. The number of anilines is 1. The Hall–Kier alpha value is -3.72. The number of carbonyl (C=O) groups excluding carboxylic acids is 1. The predicted octanol–water partition coefficient (Wildman–Crippen LogP) is 4.73. The number of halogens is 3. The van der Waals surface area contributed by atoms with Crippen LogP contribution in [0.5, 0.6) is 11.6 Å². The summed E-state index contributed by atoms with van der Waals surface area (Å²) in [5.74, 6) is -2.05. The topological polar surface area (TPSA) is 89.1 Å². The number of benzene rings is 2. The summed E-state index contributed by atoms with van der Waals surface area (Å²) in [5, 5.41) is 9.63. The summed E-state index contributed by atoms with van der Waals surface area (Å²) in [6.07, 6.45) is 1.38. The van der Waals surface area contributed by atoms with Crippen molar-refractivity contribution in [1.29, 1.82) is 0 Å². The van der Waals surface area contributed by atoms with Crippen LogP contribution in [0.2, 0.25) is 5.02 Å². The van der Waals surface area contributed by atoms with Crippen LogP contribution in [0.1, 0.15) is 15.9 Å². The van der Waals surface area contributed by atoms with Crippen LogP contribution >= 0.6 is 11.6 Å². The second-order valence-electron chi connectivity index (χ2n) is 6.46. The first kappa shape index (κ1) is 20.5. The Morgan fingerprint density at radius 2 is 2.06 bits per heavy atom. The van der Waals surface area contributed by atoms with Crippen LogP contribution in [0.4, 0.5) is 14.5 Å². The van der Waals surface area contributed by atoms with E-state index in [-0.39, 0.29) is 17.4 Å². The number of pyridine rings is 1. The maximum atomic E-state index is 15.0. The van der Waals surface area contributed by atoms with Crippen molar-refractivity contribution < 1.29 is 23.0 Å². The number of rotatable bonds is 6. The molecule has 2 heterocycles. The van der Waals surface area contributed by atoms with Gasteiger partial charge in [-0.25, -0.2) is 13.8 Å². The quantitative estimate of drug-likeness (QED) is 0.449. The fourth-order valence-electron chi connectivity index (χ4n) is 2.94. The first-order chi connectivity index (χ1) is 15.0. The Labute approximate surface area is 180 Å². The molecule has 1 amide bonds. The second kappa shape index (κ2) is 8.57. The van der Waals surface area contributed by atoms with E-state index in [4.69, 9.17) is 21.1 Å². The predicted molar refractivity (Wildman–Crippen MR) is 111 cm³/mol. The third-order valence-corrected chi connectivity index (χ3v) is 4.71. The highest BCUT2D eigenvalue weighted by molar-refractivity contribution is 6.34. The Balaban J connectivity index is 1.57. The molecular formula is C21H15ClF2N4O3. The average Bonchev–Trinajstić information content (AvgIpc) is 3.15. The minimum Gasteiger partial charge on any atom is -0.486 e. The highest BCUT2D eigenvalue weighted by Gasteiger charge is 2.21. The Kier molecular flexibility index (Phi) is 5.68. The lowest BCUT2D eigenvalue weighted by molar-refractivity contribution is 0.102. The van der Waals surface area contributed by atoms with Crippen molar-refractivity contribution in [3.63, 3.8) is 0 Å². The zero-order chi connectivity index (χ0) is 22.0. The van der Waals surface area contributed by atoms with E-state index in [1.807, 2.05) is 0 Å². The number of carbonyl (C=O) groups is 1. The molecule has 0 bridgehead atoms. The van der Waals surface area contributed by atoms with Crippen LogP contribution < -0.4 is 14.8 Å².